The summed E-state index contributed by atoms with van der Waals surface area (Å²) in [6, 6.07) is 15.6. The Morgan fingerprint density at radius 3 is 2.04 bits per heavy atom. The van der Waals surface area contributed by atoms with Crippen molar-refractivity contribution in [2.45, 2.75) is 58.6 Å². The minimum atomic E-state index is -0.522. The maximum absolute atomic E-state index is 12.7. The molecule has 0 heterocycles. The van der Waals surface area contributed by atoms with Gasteiger partial charge in [-0.1, -0.05) is 52.0 Å². The zero-order valence-electron chi connectivity index (χ0n) is 17.2. The van der Waals surface area contributed by atoms with Crippen molar-refractivity contribution in [3.63, 3.8) is 0 Å². The molecule has 4 heteroatoms. The summed E-state index contributed by atoms with van der Waals surface area (Å²) in [6.45, 7) is 10.4. The van der Waals surface area contributed by atoms with Gasteiger partial charge in [-0.2, -0.15) is 0 Å². The molecule has 2 aromatic carbocycles. The highest BCUT2D eigenvalue weighted by Crippen LogP contribution is 2.25. The van der Waals surface area contributed by atoms with Crippen LogP contribution in [-0.4, -0.2) is 19.1 Å². The molecule has 0 unspecified atom stereocenters. The quantitative estimate of drug-likeness (QED) is 0.745. The van der Waals surface area contributed by atoms with Crippen LogP contribution in [0.5, 0.6) is 11.5 Å². The second kappa shape index (κ2) is 8.94. The lowest BCUT2D eigenvalue weighted by atomic mass is 9.87. The highest BCUT2D eigenvalue weighted by molar-refractivity contribution is 5.81. The van der Waals surface area contributed by atoms with E-state index in [1.54, 1.807) is 7.11 Å². The second-order valence-electron chi connectivity index (χ2n) is 7.79. The van der Waals surface area contributed by atoms with Gasteiger partial charge < -0.3 is 14.8 Å². The molecule has 2 atom stereocenters. The molecule has 0 aliphatic rings. The lowest BCUT2D eigenvalue weighted by Gasteiger charge is -2.22. The van der Waals surface area contributed by atoms with E-state index in [4.69, 9.17) is 9.47 Å². The molecule has 4 nitrogen and oxygen atoms in total. The average molecular weight is 370 g/mol. The summed E-state index contributed by atoms with van der Waals surface area (Å²) >= 11 is 0. The van der Waals surface area contributed by atoms with Crippen LogP contribution >= 0.6 is 0 Å². The van der Waals surface area contributed by atoms with Gasteiger partial charge in [-0.25, -0.2) is 0 Å². The highest BCUT2D eigenvalue weighted by Gasteiger charge is 2.21. The third-order valence-electron chi connectivity index (χ3n) is 4.64. The number of nitrogens with one attached hydrogen (secondary N) is 1. The minimum Gasteiger partial charge on any atom is -0.497 e. The third-order valence-corrected chi connectivity index (χ3v) is 4.64. The molecule has 1 amide bonds. The van der Waals surface area contributed by atoms with Gasteiger partial charge in [0, 0.05) is 0 Å². The van der Waals surface area contributed by atoms with E-state index in [1.807, 2.05) is 50.2 Å². The van der Waals surface area contributed by atoms with Gasteiger partial charge in [-0.05, 0) is 54.2 Å². The van der Waals surface area contributed by atoms with Crippen molar-refractivity contribution in [3.8, 4) is 11.5 Å². The summed E-state index contributed by atoms with van der Waals surface area (Å²) in [4.78, 5) is 12.7. The summed E-state index contributed by atoms with van der Waals surface area (Å²) in [5.41, 5.74) is 2.35. The van der Waals surface area contributed by atoms with Crippen molar-refractivity contribution < 1.29 is 14.3 Å². The van der Waals surface area contributed by atoms with Gasteiger partial charge >= 0.3 is 0 Å². The predicted octanol–water partition coefficient (Wildman–Crippen LogP) is 5.03. The monoisotopic (exact) mass is 369 g/mol. The van der Waals surface area contributed by atoms with E-state index in [9.17, 15) is 4.79 Å². The molecule has 27 heavy (non-hydrogen) atoms. The highest BCUT2D eigenvalue weighted by atomic mass is 16.5. The van der Waals surface area contributed by atoms with Crippen LogP contribution in [0.4, 0.5) is 0 Å². The van der Waals surface area contributed by atoms with Gasteiger partial charge in [0.2, 0.25) is 0 Å². The van der Waals surface area contributed by atoms with Crippen molar-refractivity contribution in [1.82, 2.24) is 5.32 Å². The van der Waals surface area contributed by atoms with Crippen LogP contribution in [0, 0.1) is 0 Å². The number of hydrogen-bond acceptors (Lipinski definition) is 3. The molecular formula is C23H31NO3. The Kier molecular flexibility index (Phi) is 6.89. The van der Waals surface area contributed by atoms with E-state index < -0.39 is 6.10 Å². The molecule has 0 aliphatic heterocycles. The molecule has 0 saturated carbocycles. The van der Waals surface area contributed by atoms with E-state index in [1.165, 1.54) is 5.56 Å². The van der Waals surface area contributed by atoms with Crippen LogP contribution < -0.4 is 14.8 Å². The molecule has 1 N–H and O–H groups in total. The van der Waals surface area contributed by atoms with Gasteiger partial charge in [0.25, 0.3) is 5.91 Å². The normalized spacial score (nSPS) is 13.6. The molecule has 0 radical (unpaired) electrons. The summed E-state index contributed by atoms with van der Waals surface area (Å²) in [5.74, 6) is 1.40. The Hall–Kier alpha value is -2.49. The number of ether oxygens (including phenoxy) is 2. The molecule has 0 saturated heterocycles. The first kappa shape index (κ1) is 20.8. The van der Waals surface area contributed by atoms with Gasteiger partial charge in [-0.3, -0.25) is 4.79 Å². The van der Waals surface area contributed by atoms with Crippen molar-refractivity contribution >= 4 is 5.91 Å². The molecule has 2 aromatic rings. The lowest BCUT2D eigenvalue weighted by Crippen LogP contribution is -2.39. The van der Waals surface area contributed by atoms with Crippen molar-refractivity contribution in [3.05, 3.63) is 59.7 Å². The zero-order valence-corrected chi connectivity index (χ0v) is 17.2. The number of methoxy groups -OCH3 is 1. The smallest absolute Gasteiger partial charge is 0.261 e. The standard InChI is InChI=1S/C23H31NO3/c1-7-21(27-20-14-10-18(11-15-20)23(3,4)5)22(25)24-16(2)17-8-12-19(26-6)13-9-17/h8-16,21H,7H2,1-6H3,(H,24,25)/t16-,21+/m1/s1. The summed E-state index contributed by atoms with van der Waals surface area (Å²) < 4.78 is 11.1. The fourth-order valence-electron chi connectivity index (χ4n) is 2.80. The molecule has 0 aliphatic carbocycles. The number of benzene rings is 2. The second-order valence-corrected chi connectivity index (χ2v) is 7.79. The summed E-state index contributed by atoms with van der Waals surface area (Å²) in [6.07, 6.45) is 0.0773. The van der Waals surface area contributed by atoms with E-state index in [0.717, 1.165) is 11.3 Å². The van der Waals surface area contributed by atoms with E-state index in [-0.39, 0.29) is 17.4 Å². The van der Waals surface area contributed by atoms with Crippen molar-refractivity contribution in [1.29, 1.82) is 0 Å². The molecule has 2 rings (SSSR count). The van der Waals surface area contributed by atoms with Crippen LogP contribution in [0.1, 0.15) is 58.2 Å². The fraction of sp³-hybridized carbons (Fsp3) is 0.435. The predicted molar refractivity (Wildman–Crippen MR) is 109 cm³/mol. The molecule has 0 bridgehead atoms. The van der Waals surface area contributed by atoms with Crippen molar-refractivity contribution in [2.24, 2.45) is 0 Å². The summed E-state index contributed by atoms with van der Waals surface area (Å²) in [5, 5.41) is 3.04. The summed E-state index contributed by atoms with van der Waals surface area (Å²) in [7, 11) is 1.64. The first-order valence-electron chi connectivity index (χ1n) is 9.46. The third kappa shape index (κ3) is 5.75. The number of carbonyl (C=O) groups is 1. The number of amides is 1. The van der Waals surface area contributed by atoms with Crippen LogP contribution in [0.15, 0.2) is 48.5 Å². The molecule has 146 valence electrons. The Labute approximate surface area is 162 Å². The van der Waals surface area contributed by atoms with Gasteiger partial charge in [-0.15, -0.1) is 0 Å². The number of carbonyl (C=O) groups excluding carboxylic acids is 1. The number of rotatable bonds is 7. The van der Waals surface area contributed by atoms with E-state index in [0.29, 0.717) is 12.2 Å². The van der Waals surface area contributed by atoms with Crippen LogP contribution in [0.2, 0.25) is 0 Å². The SMILES string of the molecule is CC[C@H](Oc1ccc(C(C)(C)C)cc1)C(=O)N[C@H](C)c1ccc(OC)cc1. The van der Waals surface area contributed by atoms with E-state index in [2.05, 4.69) is 38.2 Å². The van der Waals surface area contributed by atoms with Gasteiger partial charge in [0.1, 0.15) is 11.5 Å². The largest absolute Gasteiger partial charge is 0.497 e. The molecule has 0 spiro atoms. The fourth-order valence-corrected chi connectivity index (χ4v) is 2.80. The minimum absolute atomic E-state index is 0.0911. The maximum atomic E-state index is 12.7. The maximum Gasteiger partial charge on any atom is 0.261 e. The zero-order chi connectivity index (χ0) is 20.0. The van der Waals surface area contributed by atoms with Crippen LogP contribution in [0.25, 0.3) is 0 Å². The van der Waals surface area contributed by atoms with Crippen LogP contribution in [-0.2, 0) is 10.2 Å². The van der Waals surface area contributed by atoms with E-state index >= 15 is 0 Å². The average Bonchev–Trinajstić information content (AvgIpc) is 2.65. The first-order chi connectivity index (χ1) is 12.7. The first-order valence-corrected chi connectivity index (χ1v) is 9.46. The number of hydrogen-bond donors (Lipinski definition) is 1. The Balaban J connectivity index is 2.00. The lowest BCUT2D eigenvalue weighted by molar-refractivity contribution is -0.128. The molecule has 0 aromatic heterocycles. The Morgan fingerprint density at radius 1 is 1.00 bits per heavy atom. The van der Waals surface area contributed by atoms with Gasteiger partial charge in [0.15, 0.2) is 6.10 Å². The Bertz CT molecular complexity index is 730. The van der Waals surface area contributed by atoms with Crippen molar-refractivity contribution in [2.75, 3.05) is 7.11 Å². The Morgan fingerprint density at radius 2 is 1.56 bits per heavy atom. The van der Waals surface area contributed by atoms with Crippen LogP contribution in [0.3, 0.4) is 0 Å². The topological polar surface area (TPSA) is 47.6 Å². The molecule has 0 fully saturated rings. The van der Waals surface area contributed by atoms with Gasteiger partial charge in [0.05, 0.1) is 13.2 Å². The molecular weight excluding hydrogens is 338 g/mol.